The molecule has 0 spiro atoms. The molecule has 106 valence electrons. The van der Waals surface area contributed by atoms with Crippen LogP contribution in [0.25, 0.3) is 0 Å². The summed E-state index contributed by atoms with van der Waals surface area (Å²) in [5.41, 5.74) is 0. The van der Waals surface area contributed by atoms with Crippen LogP contribution in [0.15, 0.2) is 29.2 Å². The largest absolute Gasteiger partial charge is 0.493 e. The fourth-order valence-electron chi connectivity index (χ4n) is 2.11. The predicted molar refractivity (Wildman–Crippen MR) is 73.8 cm³/mol. The highest BCUT2D eigenvalue weighted by atomic mass is 32.2. The molecule has 1 atom stereocenters. The Bertz CT molecular complexity index is 493. The van der Waals surface area contributed by atoms with Crippen LogP contribution in [0.3, 0.4) is 0 Å². The van der Waals surface area contributed by atoms with Crippen LogP contribution in [-0.2, 0) is 10.0 Å². The molecule has 1 aromatic carbocycles. The summed E-state index contributed by atoms with van der Waals surface area (Å²) in [5.74, 6) is 1.25. The molecule has 1 aliphatic rings. The molecular weight excluding hydrogens is 264 g/mol. The number of benzene rings is 1. The summed E-state index contributed by atoms with van der Waals surface area (Å²) >= 11 is 0. The van der Waals surface area contributed by atoms with E-state index in [1.54, 1.807) is 24.3 Å². The van der Waals surface area contributed by atoms with Crippen molar-refractivity contribution in [3.8, 4) is 5.75 Å². The Labute approximate surface area is 114 Å². The van der Waals surface area contributed by atoms with Gasteiger partial charge in [0.2, 0.25) is 10.0 Å². The summed E-state index contributed by atoms with van der Waals surface area (Å²) in [6.07, 6.45) is 2.37. The first-order valence-corrected chi connectivity index (χ1v) is 7.97. The van der Waals surface area contributed by atoms with Crippen LogP contribution in [0.4, 0.5) is 0 Å². The third-order valence-corrected chi connectivity index (χ3v) is 4.72. The van der Waals surface area contributed by atoms with Gasteiger partial charge in [0.05, 0.1) is 11.5 Å². The van der Waals surface area contributed by atoms with Gasteiger partial charge in [-0.2, -0.15) is 0 Å². The zero-order valence-corrected chi connectivity index (χ0v) is 11.9. The van der Waals surface area contributed by atoms with E-state index < -0.39 is 10.0 Å². The van der Waals surface area contributed by atoms with E-state index in [9.17, 15) is 8.42 Å². The lowest BCUT2D eigenvalue weighted by Crippen LogP contribution is -2.33. The molecule has 19 heavy (non-hydrogen) atoms. The predicted octanol–water partition coefficient (Wildman–Crippen LogP) is 0.973. The van der Waals surface area contributed by atoms with Gasteiger partial charge in [-0.05, 0) is 50.7 Å². The number of sulfonamides is 1. The summed E-state index contributed by atoms with van der Waals surface area (Å²) in [5, 5.41) is 3.34. The molecule has 5 nitrogen and oxygen atoms in total. The molecule has 0 radical (unpaired) electrons. The molecule has 0 saturated carbocycles. The molecule has 1 heterocycles. The lowest BCUT2D eigenvalue weighted by molar-refractivity contribution is 0.218. The maximum Gasteiger partial charge on any atom is 0.240 e. The van der Waals surface area contributed by atoms with Crippen molar-refractivity contribution in [1.29, 1.82) is 0 Å². The Morgan fingerprint density at radius 3 is 2.68 bits per heavy atom. The quantitative estimate of drug-likeness (QED) is 0.845. The van der Waals surface area contributed by atoms with Crippen molar-refractivity contribution in [3.05, 3.63) is 24.3 Å². The molecule has 1 aliphatic heterocycles. The zero-order chi connectivity index (χ0) is 13.7. The third kappa shape index (κ3) is 3.92. The number of ether oxygens (including phenoxy) is 1. The first-order chi connectivity index (χ1) is 9.12. The maximum atomic E-state index is 11.6. The minimum Gasteiger partial charge on any atom is -0.493 e. The SMILES string of the molecule is CNS(=O)(=O)c1ccc(OCC2CCCNC2)cc1. The van der Waals surface area contributed by atoms with E-state index in [1.165, 1.54) is 19.9 Å². The first-order valence-electron chi connectivity index (χ1n) is 6.49. The molecule has 0 amide bonds. The van der Waals surface area contributed by atoms with Crippen molar-refractivity contribution in [2.75, 3.05) is 26.7 Å². The number of piperidine rings is 1. The average molecular weight is 284 g/mol. The Morgan fingerprint density at radius 2 is 2.11 bits per heavy atom. The number of hydrogen-bond acceptors (Lipinski definition) is 4. The van der Waals surface area contributed by atoms with Gasteiger partial charge in [-0.1, -0.05) is 0 Å². The third-order valence-electron chi connectivity index (χ3n) is 3.29. The second-order valence-corrected chi connectivity index (χ2v) is 6.59. The van der Waals surface area contributed by atoms with Gasteiger partial charge in [0.25, 0.3) is 0 Å². The van der Waals surface area contributed by atoms with Gasteiger partial charge in [-0.3, -0.25) is 0 Å². The first kappa shape index (κ1) is 14.3. The molecule has 0 aliphatic carbocycles. The van der Waals surface area contributed by atoms with Crippen LogP contribution in [0.1, 0.15) is 12.8 Å². The summed E-state index contributed by atoms with van der Waals surface area (Å²) < 4.78 is 31.1. The maximum absolute atomic E-state index is 11.6. The summed E-state index contributed by atoms with van der Waals surface area (Å²) in [6.45, 7) is 2.75. The molecule has 0 aromatic heterocycles. The van der Waals surface area contributed by atoms with E-state index in [4.69, 9.17) is 4.74 Å². The minimum atomic E-state index is -3.37. The highest BCUT2D eigenvalue weighted by Crippen LogP contribution is 2.18. The van der Waals surface area contributed by atoms with Crippen LogP contribution in [-0.4, -0.2) is 35.2 Å². The van der Waals surface area contributed by atoms with E-state index in [0.717, 1.165) is 13.1 Å². The van der Waals surface area contributed by atoms with E-state index >= 15 is 0 Å². The highest BCUT2D eigenvalue weighted by molar-refractivity contribution is 7.89. The van der Waals surface area contributed by atoms with Crippen molar-refractivity contribution in [1.82, 2.24) is 10.0 Å². The van der Waals surface area contributed by atoms with Gasteiger partial charge in [-0.25, -0.2) is 13.1 Å². The topological polar surface area (TPSA) is 67.4 Å². The molecule has 0 bridgehead atoms. The molecule has 1 unspecified atom stereocenters. The van der Waals surface area contributed by atoms with Crippen LogP contribution < -0.4 is 14.8 Å². The second-order valence-electron chi connectivity index (χ2n) is 4.70. The Morgan fingerprint density at radius 1 is 1.37 bits per heavy atom. The summed E-state index contributed by atoms with van der Waals surface area (Å²) in [7, 11) is -1.97. The van der Waals surface area contributed by atoms with Gasteiger partial charge >= 0.3 is 0 Å². The van der Waals surface area contributed by atoms with Gasteiger partial charge in [0.15, 0.2) is 0 Å². The second kappa shape index (κ2) is 6.36. The summed E-state index contributed by atoms with van der Waals surface area (Å²) in [6, 6.07) is 6.50. The van der Waals surface area contributed by atoms with E-state index in [0.29, 0.717) is 18.3 Å². The van der Waals surface area contributed by atoms with Crippen LogP contribution in [0.5, 0.6) is 5.75 Å². The number of hydrogen-bond donors (Lipinski definition) is 2. The highest BCUT2D eigenvalue weighted by Gasteiger charge is 2.14. The van der Waals surface area contributed by atoms with Gasteiger partial charge in [0, 0.05) is 12.5 Å². The average Bonchev–Trinajstić information content (AvgIpc) is 2.47. The number of nitrogens with one attached hydrogen (secondary N) is 2. The monoisotopic (exact) mass is 284 g/mol. The zero-order valence-electron chi connectivity index (χ0n) is 11.1. The van der Waals surface area contributed by atoms with Gasteiger partial charge in [-0.15, -0.1) is 0 Å². The molecular formula is C13H20N2O3S. The normalized spacial score (nSPS) is 20.2. The lowest BCUT2D eigenvalue weighted by atomic mass is 10.0. The fraction of sp³-hybridized carbons (Fsp3) is 0.538. The van der Waals surface area contributed by atoms with E-state index in [-0.39, 0.29) is 4.90 Å². The van der Waals surface area contributed by atoms with Gasteiger partial charge < -0.3 is 10.1 Å². The number of rotatable bonds is 5. The van der Waals surface area contributed by atoms with Crippen molar-refractivity contribution >= 4 is 10.0 Å². The van der Waals surface area contributed by atoms with Gasteiger partial charge in [0.1, 0.15) is 5.75 Å². The van der Waals surface area contributed by atoms with E-state index in [2.05, 4.69) is 10.0 Å². The van der Waals surface area contributed by atoms with Crippen LogP contribution in [0, 0.1) is 5.92 Å². The molecule has 2 rings (SSSR count). The smallest absolute Gasteiger partial charge is 0.240 e. The molecule has 1 saturated heterocycles. The minimum absolute atomic E-state index is 0.252. The molecule has 1 aromatic rings. The lowest BCUT2D eigenvalue weighted by Gasteiger charge is -2.22. The van der Waals surface area contributed by atoms with Crippen molar-refractivity contribution in [2.45, 2.75) is 17.7 Å². The summed E-state index contributed by atoms with van der Waals surface area (Å²) in [4.78, 5) is 0.252. The van der Waals surface area contributed by atoms with Crippen molar-refractivity contribution in [3.63, 3.8) is 0 Å². The Hall–Kier alpha value is -1.11. The van der Waals surface area contributed by atoms with Crippen LogP contribution >= 0.6 is 0 Å². The molecule has 2 N–H and O–H groups in total. The Balaban J connectivity index is 1.91. The Kier molecular flexibility index (Phi) is 4.79. The van der Waals surface area contributed by atoms with E-state index in [1.807, 2.05) is 0 Å². The van der Waals surface area contributed by atoms with Crippen molar-refractivity contribution in [2.24, 2.45) is 5.92 Å². The molecule has 6 heteroatoms. The fourth-order valence-corrected chi connectivity index (χ4v) is 2.84. The van der Waals surface area contributed by atoms with Crippen molar-refractivity contribution < 1.29 is 13.2 Å². The van der Waals surface area contributed by atoms with Crippen LogP contribution in [0.2, 0.25) is 0 Å². The standard InChI is InChI=1S/C13H20N2O3S/c1-14-19(16,17)13-6-4-12(5-7-13)18-10-11-3-2-8-15-9-11/h4-7,11,14-15H,2-3,8-10H2,1H3. The molecule has 1 fully saturated rings.